The van der Waals surface area contributed by atoms with E-state index in [1.54, 1.807) is 32.0 Å². The molecule has 154 valence electrons. The molecule has 0 fully saturated rings. The molecule has 0 bridgehead atoms. The molecule has 2 amide bonds. The number of carbonyl (C=O) groups is 4. The SMILES string of the molecule is CCOC(=O)C(=O)Nc1sc(C(=O)Nc2ccc(C)c(Cl)c2)c(C)c1C(=O)OC. The summed E-state index contributed by atoms with van der Waals surface area (Å²) in [6, 6.07) is 5.04. The van der Waals surface area contributed by atoms with Gasteiger partial charge in [0.1, 0.15) is 5.00 Å². The Kier molecular flexibility index (Phi) is 7.35. The van der Waals surface area contributed by atoms with Crippen molar-refractivity contribution in [3.05, 3.63) is 44.8 Å². The monoisotopic (exact) mass is 438 g/mol. The van der Waals surface area contributed by atoms with E-state index in [2.05, 4.69) is 15.4 Å². The van der Waals surface area contributed by atoms with Gasteiger partial charge in [0, 0.05) is 10.7 Å². The normalized spacial score (nSPS) is 10.2. The predicted molar refractivity (Wildman–Crippen MR) is 110 cm³/mol. The number of benzene rings is 1. The Morgan fingerprint density at radius 2 is 1.83 bits per heavy atom. The molecule has 0 spiro atoms. The number of nitrogens with one attached hydrogen (secondary N) is 2. The summed E-state index contributed by atoms with van der Waals surface area (Å²) in [5, 5.41) is 5.50. The van der Waals surface area contributed by atoms with Crippen molar-refractivity contribution in [1.82, 2.24) is 0 Å². The quantitative estimate of drug-likeness (QED) is 0.545. The summed E-state index contributed by atoms with van der Waals surface area (Å²) in [4.78, 5) is 48.6. The summed E-state index contributed by atoms with van der Waals surface area (Å²) in [5.74, 6) is -3.42. The van der Waals surface area contributed by atoms with Crippen molar-refractivity contribution >= 4 is 57.4 Å². The van der Waals surface area contributed by atoms with Gasteiger partial charge < -0.3 is 20.1 Å². The molecule has 1 aromatic heterocycles. The summed E-state index contributed by atoms with van der Waals surface area (Å²) >= 11 is 6.92. The van der Waals surface area contributed by atoms with Gasteiger partial charge in [-0.1, -0.05) is 17.7 Å². The number of methoxy groups -OCH3 is 1. The van der Waals surface area contributed by atoms with E-state index < -0.39 is 23.8 Å². The van der Waals surface area contributed by atoms with Crippen molar-refractivity contribution in [3.8, 4) is 0 Å². The van der Waals surface area contributed by atoms with E-state index in [0.717, 1.165) is 16.9 Å². The first-order valence-electron chi connectivity index (χ1n) is 8.46. The van der Waals surface area contributed by atoms with Crippen molar-refractivity contribution < 1.29 is 28.7 Å². The van der Waals surface area contributed by atoms with E-state index in [0.29, 0.717) is 16.3 Å². The smallest absolute Gasteiger partial charge is 0.397 e. The number of anilines is 2. The third kappa shape index (κ3) is 5.12. The molecule has 0 aliphatic heterocycles. The van der Waals surface area contributed by atoms with Crippen molar-refractivity contribution in [2.45, 2.75) is 20.8 Å². The lowest BCUT2D eigenvalue weighted by Gasteiger charge is -2.06. The first-order valence-corrected chi connectivity index (χ1v) is 9.66. The topological polar surface area (TPSA) is 111 Å². The Balaban J connectivity index is 2.36. The van der Waals surface area contributed by atoms with Crippen LogP contribution in [0, 0.1) is 13.8 Å². The number of halogens is 1. The van der Waals surface area contributed by atoms with Crippen LogP contribution in [0.15, 0.2) is 18.2 Å². The summed E-state index contributed by atoms with van der Waals surface area (Å²) < 4.78 is 9.37. The third-order valence-electron chi connectivity index (χ3n) is 3.86. The fourth-order valence-electron chi connectivity index (χ4n) is 2.38. The molecule has 0 unspecified atom stereocenters. The molecule has 2 N–H and O–H groups in total. The van der Waals surface area contributed by atoms with E-state index in [9.17, 15) is 19.2 Å². The van der Waals surface area contributed by atoms with Gasteiger partial charge in [-0.05, 0) is 44.0 Å². The Labute approximate surface area is 176 Å². The van der Waals surface area contributed by atoms with Crippen LogP contribution >= 0.6 is 22.9 Å². The standard InChI is InChI=1S/C19H19ClN2O6S/c1-5-28-19(26)16(24)22-17-13(18(25)27-4)10(3)14(29-17)15(23)21-11-7-6-9(2)12(20)8-11/h6-8H,5H2,1-4H3,(H,21,23)(H,22,24). The highest BCUT2D eigenvalue weighted by molar-refractivity contribution is 7.19. The van der Waals surface area contributed by atoms with Crippen LogP contribution < -0.4 is 10.6 Å². The lowest BCUT2D eigenvalue weighted by molar-refractivity contribution is -0.152. The minimum absolute atomic E-state index is 0.0118. The molecular weight excluding hydrogens is 420 g/mol. The van der Waals surface area contributed by atoms with Gasteiger partial charge in [0.05, 0.1) is 24.2 Å². The maximum atomic E-state index is 12.7. The maximum Gasteiger partial charge on any atom is 0.397 e. The molecule has 0 saturated heterocycles. The van der Waals surface area contributed by atoms with Gasteiger partial charge in [-0.3, -0.25) is 9.59 Å². The molecule has 2 aromatic rings. The molecule has 0 aliphatic rings. The van der Waals surface area contributed by atoms with Gasteiger partial charge in [0.25, 0.3) is 5.91 Å². The molecular formula is C19H19ClN2O6S. The zero-order valence-electron chi connectivity index (χ0n) is 16.2. The van der Waals surface area contributed by atoms with Crippen molar-refractivity contribution in [2.24, 2.45) is 0 Å². The van der Waals surface area contributed by atoms with Gasteiger partial charge in [0.2, 0.25) is 0 Å². The molecule has 10 heteroatoms. The molecule has 2 rings (SSSR count). The Bertz CT molecular complexity index is 985. The van der Waals surface area contributed by atoms with Crippen molar-refractivity contribution in [3.63, 3.8) is 0 Å². The Morgan fingerprint density at radius 1 is 1.14 bits per heavy atom. The summed E-state index contributed by atoms with van der Waals surface area (Å²) in [6.07, 6.45) is 0. The van der Waals surface area contributed by atoms with Crippen LogP contribution in [0.2, 0.25) is 5.02 Å². The predicted octanol–water partition coefficient (Wildman–Crippen LogP) is 3.56. The minimum Gasteiger partial charge on any atom is -0.465 e. The van der Waals surface area contributed by atoms with Crippen LogP contribution in [0.4, 0.5) is 10.7 Å². The number of carbonyl (C=O) groups excluding carboxylic acids is 4. The summed E-state index contributed by atoms with van der Waals surface area (Å²) in [6.45, 7) is 4.95. The summed E-state index contributed by atoms with van der Waals surface area (Å²) in [7, 11) is 1.17. The van der Waals surface area contributed by atoms with Crippen LogP contribution in [0.3, 0.4) is 0 Å². The highest BCUT2D eigenvalue weighted by Crippen LogP contribution is 2.34. The van der Waals surface area contributed by atoms with Crippen LogP contribution in [-0.4, -0.2) is 37.5 Å². The number of hydrogen-bond donors (Lipinski definition) is 2. The molecule has 0 aliphatic carbocycles. The van der Waals surface area contributed by atoms with Crippen molar-refractivity contribution in [2.75, 3.05) is 24.4 Å². The molecule has 0 saturated carbocycles. The van der Waals surface area contributed by atoms with Gasteiger partial charge in [0.15, 0.2) is 0 Å². The fraction of sp³-hybridized carbons (Fsp3) is 0.263. The lowest BCUT2D eigenvalue weighted by atomic mass is 10.1. The molecule has 1 aromatic carbocycles. The van der Waals surface area contributed by atoms with E-state index in [4.69, 9.17) is 16.3 Å². The van der Waals surface area contributed by atoms with Crippen LogP contribution in [-0.2, 0) is 19.1 Å². The number of aryl methyl sites for hydroxylation is 1. The average molecular weight is 439 g/mol. The Hall–Kier alpha value is -2.91. The zero-order chi connectivity index (χ0) is 21.7. The number of amides is 2. The van der Waals surface area contributed by atoms with Crippen LogP contribution in [0.25, 0.3) is 0 Å². The first kappa shape index (κ1) is 22.4. The first-order chi connectivity index (χ1) is 13.7. The van der Waals surface area contributed by atoms with Gasteiger partial charge in [-0.25, -0.2) is 9.59 Å². The van der Waals surface area contributed by atoms with E-state index in [1.165, 1.54) is 7.11 Å². The molecule has 0 atom stereocenters. The average Bonchev–Trinajstić information content (AvgIpc) is 3.00. The summed E-state index contributed by atoms with van der Waals surface area (Å²) in [5.41, 5.74) is 1.61. The molecule has 0 radical (unpaired) electrons. The highest BCUT2D eigenvalue weighted by Gasteiger charge is 2.28. The zero-order valence-corrected chi connectivity index (χ0v) is 17.7. The van der Waals surface area contributed by atoms with E-state index in [-0.39, 0.29) is 22.0 Å². The van der Waals surface area contributed by atoms with E-state index >= 15 is 0 Å². The maximum absolute atomic E-state index is 12.7. The van der Waals surface area contributed by atoms with Gasteiger partial charge in [-0.2, -0.15) is 0 Å². The minimum atomic E-state index is -1.10. The molecule has 1 heterocycles. The fourth-order valence-corrected chi connectivity index (χ4v) is 3.64. The number of hydrogen-bond acceptors (Lipinski definition) is 7. The van der Waals surface area contributed by atoms with E-state index in [1.807, 2.05) is 6.92 Å². The van der Waals surface area contributed by atoms with Crippen LogP contribution in [0.5, 0.6) is 0 Å². The number of ether oxygens (including phenoxy) is 2. The second-order valence-electron chi connectivity index (χ2n) is 5.84. The van der Waals surface area contributed by atoms with Gasteiger partial charge in [-0.15, -0.1) is 11.3 Å². The number of thiophene rings is 1. The highest BCUT2D eigenvalue weighted by atomic mass is 35.5. The van der Waals surface area contributed by atoms with Crippen molar-refractivity contribution in [1.29, 1.82) is 0 Å². The molecule has 8 nitrogen and oxygen atoms in total. The molecule has 29 heavy (non-hydrogen) atoms. The second-order valence-corrected chi connectivity index (χ2v) is 7.27. The van der Waals surface area contributed by atoms with Crippen LogP contribution in [0.1, 0.15) is 38.1 Å². The third-order valence-corrected chi connectivity index (χ3v) is 5.47. The lowest BCUT2D eigenvalue weighted by Crippen LogP contribution is -2.25. The van der Waals surface area contributed by atoms with Gasteiger partial charge >= 0.3 is 17.8 Å². The second kappa shape index (κ2) is 9.53. The number of esters is 2. The number of rotatable bonds is 5. The Morgan fingerprint density at radius 3 is 2.41 bits per heavy atom. The largest absolute Gasteiger partial charge is 0.465 e.